The van der Waals surface area contributed by atoms with Crippen molar-refractivity contribution in [3.8, 4) is 0 Å². The molecule has 0 amide bonds. The Morgan fingerprint density at radius 2 is 2.00 bits per heavy atom. The number of anilines is 1. The summed E-state index contributed by atoms with van der Waals surface area (Å²) >= 11 is 0. The van der Waals surface area contributed by atoms with E-state index in [9.17, 15) is 0 Å². The molecule has 0 spiro atoms. The summed E-state index contributed by atoms with van der Waals surface area (Å²) in [6.07, 6.45) is 7.20. The second-order valence-corrected chi connectivity index (χ2v) is 6.32. The van der Waals surface area contributed by atoms with Gasteiger partial charge in [-0.1, -0.05) is 6.07 Å². The lowest BCUT2D eigenvalue weighted by Gasteiger charge is -2.36. The Morgan fingerprint density at radius 1 is 1.13 bits per heavy atom. The average Bonchev–Trinajstić information content (AvgIpc) is 3.22. The Labute approximate surface area is 136 Å². The molecular weight excluding hydrogens is 286 g/mol. The first-order chi connectivity index (χ1) is 11.3. The van der Waals surface area contributed by atoms with Crippen molar-refractivity contribution in [3.63, 3.8) is 0 Å². The Kier molecular flexibility index (Phi) is 3.79. The summed E-state index contributed by atoms with van der Waals surface area (Å²) in [7, 11) is 1.98. The van der Waals surface area contributed by atoms with Gasteiger partial charge in [0.15, 0.2) is 0 Å². The van der Waals surface area contributed by atoms with Gasteiger partial charge in [0.05, 0.1) is 6.20 Å². The molecule has 3 aromatic rings. The van der Waals surface area contributed by atoms with Crippen molar-refractivity contribution in [1.82, 2.24) is 19.7 Å². The van der Waals surface area contributed by atoms with Gasteiger partial charge in [0.1, 0.15) is 0 Å². The highest BCUT2D eigenvalue weighted by Gasteiger charge is 2.18. The van der Waals surface area contributed by atoms with Gasteiger partial charge in [0.25, 0.3) is 0 Å². The average molecular weight is 309 g/mol. The predicted octanol–water partition coefficient (Wildman–Crippen LogP) is 2.27. The molecule has 1 aliphatic rings. The van der Waals surface area contributed by atoms with E-state index in [0.29, 0.717) is 0 Å². The smallest absolute Gasteiger partial charge is 0.0522 e. The molecule has 5 heteroatoms. The van der Waals surface area contributed by atoms with Crippen LogP contribution in [0.15, 0.2) is 42.9 Å². The van der Waals surface area contributed by atoms with Crippen LogP contribution in [0.2, 0.25) is 0 Å². The van der Waals surface area contributed by atoms with Gasteiger partial charge in [-0.05, 0) is 30.2 Å². The van der Waals surface area contributed by atoms with E-state index in [4.69, 9.17) is 0 Å². The van der Waals surface area contributed by atoms with Gasteiger partial charge in [0.2, 0.25) is 0 Å². The van der Waals surface area contributed by atoms with Gasteiger partial charge in [-0.15, -0.1) is 0 Å². The molecule has 0 atom stereocenters. The Balaban J connectivity index is 1.36. The number of aryl methyl sites for hydroxylation is 1. The molecule has 0 aliphatic carbocycles. The topological polar surface area (TPSA) is 40.1 Å². The normalized spacial score (nSPS) is 16.3. The minimum atomic E-state index is 1.08. The number of aromatic amines is 1. The minimum Gasteiger partial charge on any atom is -0.368 e. The molecule has 5 nitrogen and oxygen atoms in total. The van der Waals surface area contributed by atoms with Crippen LogP contribution in [0.3, 0.4) is 0 Å². The number of aromatic nitrogens is 3. The largest absolute Gasteiger partial charge is 0.368 e. The molecule has 0 bridgehead atoms. The maximum Gasteiger partial charge on any atom is 0.0522 e. The summed E-state index contributed by atoms with van der Waals surface area (Å²) in [5.74, 6) is 0. The van der Waals surface area contributed by atoms with Crippen molar-refractivity contribution in [2.45, 2.75) is 6.42 Å². The highest BCUT2D eigenvalue weighted by molar-refractivity contribution is 5.92. The molecule has 1 fully saturated rings. The van der Waals surface area contributed by atoms with Crippen molar-refractivity contribution in [1.29, 1.82) is 0 Å². The van der Waals surface area contributed by atoms with Crippen LogP contribution in [0.4, 0.5) is 5.69 Å². The molecule has 23 heavy (non-hydrogen) atoms. The zero-order valence-corrected chi connectivity index (χ0v) is 13.6. The summed E-state index contributed by atoms with van der Waals surface area (Å²) in [5.41, 5.74) is 3.91. The van der Waals surface area contributed by atoms with E-state index in [2.05, 4.69) is 50.3 Å². The first-order valence-corrected chi connectivity index (χ1v) is 8.30. The summed E-state index contributed by atoms with van der Waals surface area (Å²) in [6, 6.07) is 8.70. The summed E-state index contributed by atoms with van der Waals surface area (Å²) in [5, 5.41) is 5.57. The monoisotopic (exact) mass is 309 g/mol. The highest BCUT2D eigenvalue weighted by atomic mass is 15.3. The van der Waals surface area contributed by atoms with Crippen LogP contribution in [-0.2, 0) is 13.5 Å². The lowest BCUT2D eigenvalue weighted by atomic mass is 10.1. The van der Waals surface area contributed by atoms with Gasteiger partial charge in [-0.3, -0.25) is 9.58 Å². The first-order valence-electron chi connectivity index (χ1n) is 8.30. The van der Waals surface area contributed by atoms with Gasteiger partial charge in [0, 0.05) is 68.8 Å². The maximum atomic E-state index is 4.24. The number of rotatable bonds is 4. The number of nitrogens with zero attached hydrogens (tertiary/aromatic N) is 4. The molecule has 120 valence electrons. The van der Waals surface area contributed by atoms with Crippen molar-refractivity contribution >= 4 is 16.6 Å². The molecule has 0 saturated carbocycles. The maximum absolute atomic E-state index is 4.24. The molecule has 1 N–H and O–H groups in total. The molecule has 4 rings (SSSR count). The van der Waals surface area contributed by atoms with Gasteiger partial charge in [-0.25, -0.2) is 0 Å². The number of hydrogen-bond donors (Lipinski definition) is 1. The second kappa shape index (κ2) is 6.08. The van der Waals surface area contributed by atoms with Crippen LogP contribution in [0.5, 0.6) is 0 Å². The van der Waals surface area contributed by atoms with Crippen LogP contribution >= 0.6 is 0 Å². The second-order valence-electron chi connectivity index (χ2n) is 6.32. The number of H-pyrrole nitrogens is 1. The van der Waals surface area contributed by atoms with Gasteiger partial charge >= 0.3 is 0 Å². The lowest BCUT2D eigenvalue weighted by molar-refractivity contribution is 0.261. The minimum absolute atomic E-state index is 1.08. The molecule has 1 saturated heterocycles. The van der Waals surface area contributed by atoms with E-state index in [0.717, 1.165) is 39.1 Å². The summed E-state index contributed by atoms with van der Waals surface area (Å²) in [4.78, 5) is 8.37. The van der Waals surface area contributed by atoms with E-state index in [1.165, 1.54) is 22.2 Å². The number of fused-ring (bicyclic) bond motifs is 1. The van der Waals surface area contributed by atoms with Crippen molar-refractivity contribution < 1.29 is 0 Å². The van der Waals surface area contributed by atoms with Crippen molar-refractivity contribution in [2.75, 3.05) is 37.6 Å². The summed E-state index contributed by atoms with van der Waals surface area (Å²) < 4.78 is 1.88. The fourth-order valence-electron chi connectivity index (χ4n) is 3.45. The van der Waals surface area contributed by atoms with Gasteiger partial charge < -0.3 is 9.88 Å². The molecule has 3 heterocycles. The van der Waals surface area contributed by atoms with E-state index >= 15 is 0 Å². The standard InChI is InChI=1S/C18H23N5/c1-21-14-15(13-20-21)6-8-22-9-11-23(12-10-22)18-4-2-3-17-16(18)5-7-19-17/h2-5,7,13-14,19H,6,8-12H2,1H3. The predicted molar refractivity (Wildman–Crippen MR) is 93.9 cm³/mol. The van der Waals surface area contributed by atoms with Crippen LogP contribution in [-0.4, -0.2) is 52.4 Å². The molecule has 1 aromatic carbocycles. The van der Waals surface area contributed by atoms with E-state index in [1.54, 1.807) is 0 Å². The van der Waals surface area contributed by atoms with Crippen LogP contribution < -0.4 is 4.90 Å². The Hall–Kier alpha value is -2.27. The lowest BCUT2D eigenvalue weighted by Crippen LogP contribution is -2.47. The number of piperazine rings is 1. The van der Waals surface area contributed by atoms with Crippen LogP contribution in [0, 0.1) is 0 Å². The number of nitrogens with one attached hydrogen (secondary N) is 1. The third-order valence-electron chi connectivity index (χ3n) is 4.76. The fourth-order valence-corrected chi connectivity index (χ4v) is 3.45. The third kappa shape index (κ3) is 2.97. The molecule has 1 aliphatic heterocycles. The first kappa shape index (κ1) is 14.3. The van der Waals surface area contributed by atoms with Gasteiger partial charge in [-0.2, -0.15) is 5.10 Å². The molecule has 0 radical (unpaired) electrons. The van der Waals surface area contributed by atoms with E-state index < -0.39 is 0 Å². The van der Waals surface area contributed by atoms with Crippen molar-refractivity contribution in [3.05, 3.63) is 48.4 Å². The van der Waals surface area contributed by atoms with Crippen LogP contribution in [0.25, 0.3) is 10.9 Å². The number of benzene rings is 1. The summed E-state index contributed by atoms with van der Waals surface area (Å²) in [6.45, 7) is 5.56. The molecular formula is C18H23N5. The SMILES string of the molecule is Cn1cc(CCN2CCN(c3cccc4[nH]ccc34)CC2)cn1. The molecule has 2 aromatic heterocycles. The van der Waals surface area contributed by atoms with E-state index in [-0.39, 0.29) is 0 Å². The fraction of sp³-hybridized carbons (Fsp3) is 0.389. The highest BCUT2D eigenvalue weighted by Crippen LogP contribution is 2.26. The third-order valence-corrected chi connectivity index (χ3v) is 4.76. The van der Waals surface area contributed by atoms with Crippen molar-refractivity contribution in [2.24, 2.45) is 7.05 Å². The molecule has 0 unspecified atom stereocenters. The Morgan fingerprint density at radius 3 is 2.78 bits per heavy atom. The van der Waals surface area contributed by atoms with Crippen LogP contribution in [0.1, 0.15) is 5.56 Å². The Bertz CT molecular complexity index is 779. The zero-order valence-electron chi connectivity index (χ0n) is 13.6. The zero-order chi connectivity index (χ0) is 15.6. The number of hydrogen-bond acceptors (Lipinski definition) is 3. The van der Waals surface area contributed by atoms with E-state index in [1.807, 2.05) is 24.1 Å². The quantitative estimate of drug-likeness (QED) is 0.804.